The minimum atomic E-state index is -3.97. The van der Waals surface area contributed by atoms with Crippen LogP contribution in [-0.4, -0.2) is 25.3 Å². The lowest BCUT2D eigenvalue weighted by atomic mass is 10.1. The average Bonchev–Trinajstić information content (AvgIpc) is 2.76. The number of carbonyl (C=O) groups excluding carboxylic acids is 1. The van der Waals surface area contributed by atoms with E-state index in [4.69, 9.17) is 0 Å². The fraction of sp³-hybridized carbons (Fsp3) is 0.136. The summed E-state index contributed by atoms with van der Waals surface area (Å²) in [5.41, 5.74) is 1.44. The number of nitrogens with zero attached hydrogens (tertiary/aromatic N) is 1. The van der Waals surface area contributed by atoms with Gasteiger partial charge >= 0.3 is 0 Å². The van der Waals surface area contributed by atoms with Crippen LogP contribution < -0.4 is 10.0 Å². The van der Waals surface area contributed by atoms with Crippen molar-refractivity contribution in [2.75, 3.05) is 5.32 Å². The van der Waals surface area contributed by atoms with Crippen LogP contribution in [0.3, 0.4) is 0 Å². The summed E-state index contributed by atoms with van der Waals surface area (Å²) < 4.78 is 28.1. The Morgan fingerprint density at radius 1 is 1.00 bits per heavy atom. The summed E-state index contributed by atoms with van der Waals surface area (Å²) in [6.07, 6.45) is 0.104. The summed E-state index contributed by atoms with van der Waals surface area (Å²) in [5.74, 6) is -0.619. The number of hydrogen-bond donors (Lipinski definition) is 2. The Morgan fingerprint density at radius 2 is 1.61 bits per heavy atom. The molecule has 0 aliphatic heterocycles. The van der Waals surface area contributed by atoms with Crippen molar-refractivity contribution >= 4 is 27.3 Å². The molecular formula is C22H21N3O5S. The second-order valence-corrected chi connectivity index (χ2v) is 8.64. The van der Waals surface area contributed by atoms with E-state index in [9.17, 15) is 23.3 Å². The first-order chi connectivity index (χ1) is 14.8. The second-order valence-electron chi connectivity index (χ2n) is 6.92. The van der Waals surface area contributed by atoms with Crippen LogP contribution in [-0.2, 0) is 21.2 Å². The van der Waals surface area contributed by atoms with Gasteiger partial charge in [0.25, 0.3) is 5.69 Å². The Bertz CT molecular complexity index is 1180. The van der Waals surface area contributed by atoms with E-state index in [1.54, 1.807) is 49.4 Å². The van der Waals surface area contributed by atoms with Gasteiger partial charge in [0, 0.05) is 12.1 Å². The Balaban J connectivity index is 1.90. The summed E-state index contributed by atoms with van der Waals surface area (Å²) in [6, 6.07) is 19.7. The monoisotopic (exact) mass is 439 g/mol. The zero-order valence-corrected chi connectivity index (χ0v) is 17.5. The van der Waals surface area contributed by atoms with Gasteiger partial charge in [0.2, 0.25) is 15.9 Å². The molecule has 0 radical (unpaired) electrons. The summed E-state index contributed by atoms with van der Waals surface area (Å²) in [7, 11) is -3.97. The van der Waals surface area contributed by atoms with E-state index >= 15 is 0 Å². The molecule has 0 aliphatic rings. The number of nitro benzene ring substituents is 1. The molecule has 2 N–H and O–H groups in total. The molecule has 0 bridgehead atoms. The fourth-order valence-electron chi connectivity index (χ4n) is 2.97. The molecule has 9 heteroatoms. The Hall–Kier alpha value is -3.56. The van der Waals surface area contributed by atoms with E-state index in [2.05, 4.69) is 10.0 Å². The van der Waals surface area contributed by atoms with E-state index in [1.165, 1.54) is 30.3 Å². The maximum atomic E-state index is 13.1. The van der Waals surface area contributed by atoms with Crippen molar-refractivity contribution in [3.8, 4) is 0 Å². The number of sulfonamides is 1. The molecule has 1 atom stereocenters. The highest BCUT2D eigenvalue weighted by molar-refractivity contribution is 7.89. The number of aryl methyl sites for hydroxylation is 1. The van der Waals surface area contributed by atoms with Gasteiger partial charge in [0.05, 0.1) is 15.5 Å². The lowest BCUT2D eigenvalue weighted by Gasteiger charge is -2.19. The van der Waals surface area contributed by atoms with Crippen LogP contribution in [0, 0.1) is 17.0 Å². The number of benzene rings is 3. The highest BCUT2D eigenvalue weighted by Gasteiger charge is 2.27. The van der Waals surface area contributed by atoms with Gasteiger partial charge in [-0.25, -0.2) is 8.42 Å². The van der Waals surface area contributed by atoms with Crippen LogP contribution in [0.15, 0.2) is 83.8 Å². The second kappa shape index (κ2) is 9.50. The molecule has 0 aliphatic carbocycles. The van der Waals surface area contributed by atoms with Crippen LogP contribution in [0.1, 0.15) is 11.1 Å². The van der Waals surface area contributed by atoms with Crippen molar-refractivity contribution in [2.45, 2.75) is 24.3 Å². The quantitative estimate of drug-likeness (QED) is 0.412. The zero-order chi connectivity index (χ0) is 22.4. The van der Waals surface area contributed by atoms with Gasteiger partial charge in [-0.15, -0.1) is 0 Å². The zero-order valence-electron chi connectivity index (χ0n) is 16.7. The topological polar surface area (TPSA) is 118 Å². The van der Waals surface area contributed by atoms with E-state index in [-0.39, 0.29) is 22.7 Å². The molecule has 0 aromatic heterocycles. The molecule has 0 spiro atoms. The largest absolute Gasteiger partial charge is 0.324 e. The number of non-ortho nitro benzene ring substituents is 1. The normalized spacial score (nSPS) is 12.2. The molecule has 0 fully saturated rings. The molecule has 1 amide bonds. The van der Waals surface area contributed by atoms with Crippen LogP contribution >= 0.6 is 0 Å². The number of rotatable bonds is 8. The molecule has 3 aromatic rings. The number of nitrogens with one attached hydrogen (secondary N) is 2. The minimum absolute atomic E-state index is 0.0346. The Kier molecular flexibility index (Phi) is 6.78. The molecule has 160 valence electrons. The lowest BCUT2D eigenvalue weighted by molar-refractivity contribution is -0.384. The number of amides is 1. The van der Waals surface area contributed by atoms with Gasteiger partial charge in [-0.3, -0.25) is 14.9 Å². The first-order valence-corrected chi connectivity index (χ1v) is 10.9. The van der Waals surface area contributed by atoms with Gasteiger partial charge in [0.1, 0.15) is 6.04 Å². The van der Waals surface area contributed by atoms with E-state index in [1.807, 2.05) is 6.07 Å². The van der Waals surface area contributed by atoms with Crippen molar-refractivity contribution in [1.29, 1.82) is 0 Å². The van der Waals surface area contributed by atoms with Gasteiger partial charge in [-0.1, -0.05) is 54.6 Å². The van der Waals surface area contributed by atoms with Crippen molar-refractivity contribution in [2.24, 2.45) is 0 Å². The van der Waals surface area contributed by atoms with Crippen LogP contribution in [0.4, 0.5) is 11.4 Å². The SMILES string of the molecule is Cc1ccc([N+](=O)[O-])cc1NC(=O)[C@@H](Cc1ccccc1)NS(=O)(=O)c1ccccc1. The third kappa shape index (κ3) is 5.74. The summed E-state index contributed by atoms with van der Waals surface area (Å²) >= 11 is 0. The molecule has 0 unspecified atom stereocenters. The maximum Gasteiger partial charge on any atom is 0.271 e. The van der Waals surface area contributed by atoms with Crippen LogP contribution in [0.25, 0.3) is 0 Å². The van der Waals surface area contributed by atoms with Crippen molar-refractivity contribution in [1.82, 2.24) is 4.72 Å². The summed E-state index contributed by atoms with van der Waals surface area (Å²) in [5, 5.41) is 13.7. The molecule has 3 rings (SSSR count). The molecule has 8 nitrogen and oxygen atoms in total. The standard InChI is InChI=1S/C22H21N3O5S/c1-16-12-13-18(25(27)28)15-20(16)23-22(26)21(14-17-8-4-2-5-9-17)24-31(29,30)19-10-6-3-7-11-19/h2-13,15,21,24H,14H2,1H3,(H,23,26)/t21-/m1/s1. The molecule has 0 saturated heterocycles. The van der Waals surface area contributed by atoms with Gasteiger partial charge in [0.15, 0.2) is 0 Å². The van der Waals surface area contributed by atoms with E-state index in [0.717, 1.165) is 5.56 Å². The van der Waals surface area contributed by atoms with Crippen LogP contribution in [0.2, 0.25) is 0 Å². The first kappa shape index (κ1) is 22.1. The van der Waals surface area contributed by atoms with Crippen molar-refractivity contribution < 1.29 is 18.1 Å². The van der Waals surface area contributed by atoms with Gasteiger partial charge in [-0.05, 0) is 36.6 Å². The highest BCUT2D eigenvalue weighted by atomic mass is 32.2. The van der Waals surface area contributed by atoms with Gasteiger partial charge in [-0.2, -0.15) is 4.72 Å². The van der Waals surface area contributed by atoms with Crippen molar-refractivity contribution in [3.05, 3.63) is 100 Å². The Labute approximate surface area is 180 Å². The molecule has 0 heterocycles. The summed E-state index contributed by atoms with van der Waals surface area (Å²) in [4.78, 5) is 23.6. The minimum Gasteiger partial charge on any atom is -0.324 e. The van der Waals surface area contributed by atoms with Crippen LogP contribution in [0.5, 0.6) is 0 Å². The molecule has 0 saturated carbocycles. The molecular weight excluding hydrogens is 418 g/mol. The van der Waals surface area contributed by atoms with Gasteiger partial charge < -0.3 is 5.32 Å². The number of anilines is 1. The Morgan fingerprint density at radius 3 is 2.23 bits per heavy atom. The number of carbonyl (C=O) groups is 1. The first-order valence-electron chi connectivity index (χ1n) is 9.43. The third-order valence-electron chi connectivity index (χ3n) is 4.64. The predicted octanol–water partition coefficient (Wildman–Crippen LogP) is 3.43. The molecule has 31 heavy (non-hydrogen) atoms. The fourth-order valence-corrected chi connectivity index (χ4v) is 4.19. The van der Waals surface area contributed by atoms with Crippen molar-refractivity contribution in [3.63, 3.8) is 0 Å². The van der Waals surface area contributed by atoms with E-state index < -0.39 is 26.9 Å². The average molecular weight is 439 g/mol. The van der Waals surface area contributed by atoms with E-state index in [0.29, 0.717) is 5.56 Å². The summed E-state index contributed by atoms with van der Waals surface area (Å²) in [6.45, 7) is 1.69. The number of nitro groups is 1. The maximum absolute atomic E-state index is 13.1. The number of hydrogen-bond acceptors (Lipinski definition) is 5. The molecule has 3 aromatic carbocycles. The predicted molar refractivity (Wildman–Crippen MR) is 117 cm³/mol. The smallest absolute Gasteiger partial charge is 0.271 e. The lowest BCUT2D eigenvalue weighted by Crippen LogP contribution is -2.45. The highest BCUT2D eigenvalue weighted by Crippen LogP contribution is 2.22. The third-order valence-corrected chi connectivity index (χ3v) is 6.13.